The molecule has 1 atom stereocenters. The largest absolute Gasteiger partial charge is 0.126 e. The van der Waals surface area contributed by atoms with E-state index in [0.717, 1.165) is 4.47 Å². The molecule has 2 aromatic carbocycles. The Balaban J connectivity index is 2.33. The van der Waals surface area contributed by atoms with Gasteiger partial charge in [0, 0.05) is 16.3 Å². The van der Waals surface area contributed by atoms with Crippen molar-refractivity contribution in [2.75, 3.05) is 5.88 Å². The van der Waals surface area contributed by atoms with Crippen molar-refractivity contribution in [3.63, 3.8) is 0 Å². The SMILES string of the molecule is ClCC(c1ccccc1)c1ccc(Br)cc1. The van der Waals surface area contributed by atoms with Crippen LogP contribution in [-0.4, -0.2) is 5.88 Å². The zero-order valence-corrected chi connectivity index (χ0v) is 11.1. The molecule has 82 valence electrons. The lowest BCUT2D eigenvalue weighted by atomic mass is 9.93. The average Bonchev–Trinajstić information content (AvgIpc) is 2.34. The second-order valence-corrected chi connectivity index (χ2v) is 4.89. The lowest BCUT2D eigenvalue weighted by molar-refractivity contribution is 0.930. The fraction of sp³-hybridized carbons (Fsp3) is 0.143. The van der Waals surface area contributed by atoms with E-state index in [1.165, 1.54) is 11.1 Å². The van der Waals surface area contributed by atoms with Gasteiger partial charge in [0.2, 0.25) is 0 Å². The monoisotopic (exact) mass is 294 g/mol. The van der Waals surface area contributed by atoms with Crippen LogP contribution in [0.15, 0.2) is 59.1 Å². The molecule has 2 aromatic rings. The van der Waals surface area contributed by atoms with Crippen molar-refractivity contribution < 1.29 is 0 Å². The lowest BCUT2D eigenvalue weighted by Gasteiger charge is -2.14. The molecule has 2 heteroatoms. The maximum atomic E-state index is 6.06. The zero-order valence-electron chi connectivity index (χ0n) is 8.74. The highest BCUT2D eigenvalue weighted by molar-refractivity contribution is 9.10. The topological polar surface area (TPSA) is 0 Å². The first kappa shape index (κ1) is 11.7. The molecule has 1 unspecified atom stereocenters. The van der Waals surface area contributed by atoms with E-state index in [4.69, 9.17) is 11.6 Å². The highest BCUT2D eigenvalue weighted by Gasteiger charge is 2.11. The second kappa shape index (κ2) is 5.51. The van der Waals surface area contributed by atoms with E-state index in [0.29, 0.717) is 5.88 Å². The van der Waals surface area contributed by atoms with Gasteiger partial charge in [-0.25, -0.2) is 0 Å². The molecular formula is C14H12BrCl. The molecule has 0 amide bonds. The van der Waals surface area contributed by atoms with Crippen molar-refractivity contribution in [3.8, 4) is 0 Å². The van der Waals surface area contributed by atoms with Crippen molar-refractivity contribution in [2.45, 2.75) is 5.92 Å². The minimum atomic E-state index is 0.274. The van der Waals surface area contributed by atoms with Crippen molar-refractivity contribution >= 4 is 27.5 Å². The predicted octanol–water partition coefficient (Wildman–Crippen LogP) is 4.82. The summed E-state index contributed by atoms with van der Waals surface area (Å²) in [6.45, 7) is 0. The molecule has 0 N–H and O–H groups in total. The van der Waals surface area contributed by atoms with Crippen molar-refractivity contribution in [1.82, 2.24) is 0 Å². The summed E-state index contributed by atoms with van der Waals surface area (Å²) in [5.41, 5.74) is 2.52. The van der Waals surface area contributed by atoms with Gasteiger partial charge in [0.1, 0.15) is 0 Å². The second-order valence-electron chi connectivity index (χ2n) is 3.67. The number of hydrogen-bond donors (Lipinski definition) is 0. The molecule has 0 aromatic heterocycles. The molecule has 0 fully saturated rings. The third-order valence-electron chi connectivity index (χ3n) is 2.63. The average molecular weight is 296 g/mol. The van der Waals surface area contributed by atoms with Gasteiger partial charge in [0.15, 0.2) is 0 Å². The molecule has 0 bridgehead atoms. The maximum Gasteiger partial charge on any atom is 0.0333 e. The van der Waals surface area contributed by atoms with Gasteiger partial charge >= 0.3 is 0 Å². The van der Waals surface area contributed by atoms with E-state index >= 15 is 0 Å². The van der Waals surface area contributed by atoms with Gasteiger partial charge in [0.25, 0.3) is 0 Å². The Morgan fingerprint density at radius 1 is 0.875 bits per heavy atom. The van der Waals surface area contributed by atoms with Gasteiger partial charge in [0.05, 0.1) is 0 Å². The number of benzene rings is 2. The predicted molar refractivity (Wildman–Crippen MR) is 73.1 cm³/mol. The molecule has 0 nitrogen and oxygen atoms in total. The Hall–Kier alpha value is -0.790. The number of halogens is 2. The van der Waals surface area contributed by atoms with Crippen LogP contribution < -0.4 is 0 Å². The first-order valence-corrected chi connectivity index (χ1v) is 6.50. The third-order valence-corrected chi connectivity index (χ3v) is 3.47. The summed E-state index contributed by atoms with van der Waals surface area (Å²) < 4.78 is 1.10. The van der Waals surface area contributed by atoms with Crippen LogP contribution in [0.3, 0.4) is 0 Å². The van der Waals surface area contributed by atoms with Crippen molar-refractivity contribution in [2.24, 2.45) is 0 Å². The summed E-state index contributed by atoms with van der Waals surface area (Å²) in [4.78, 5) is 0. The third kappa shape index (κ3) is 2.66. The molecule has 0 aliphatic carbocycles. The van der Waals surface area contributed by atoms with E-state index in [2.05, 4.69) is 52.3 Å². The van der Waals surface area contributed by atoms with Gasteiger partial charge in [-0.1, -0.05) is 58.4 Å². The summed E-state index contributed by atoms with van der Waals surface area (Å²) in [5, 5.41) is 0. The summed E-state index contributed by atoms with van der Waals surface area (Å²) >= 11 is 9.50. The van der Waals surface area contributed by atoms with Gasteiger partial charge in [-0.2, -0.15) is 0 Å². The highest BCUT2D eigenvalue weighted by atomic mass is 79.9. The number of alkyl halides is 1. The first-order valence-electron chi connectivity index (χ1n) is 5.17. The molecule has 0 spiro atoms. The maximum absolute atomic E-state index is 6.06. The van der Waals surface area contributed by atoms with Crippen LogP contribution in [0.1, 0.15) is 17.0 Å². The van der Waals surface area contributed by atoms with Gasteiger partial charge < -0.3 is 0 Å². The van der Waals surface area contributed by atoms with E-state index in [1.54, 1.807) is 0 Å². The molecule has 0 radical (unpaired) electrons. The van der Waals surface area contributed by atoms with Crippen LogP contribution in [0.5, 0.6) is 0 Å². The summed E-state index contributed by atoms with van der Waals surface area (Å²) in [5.74, 6) is 0.877. The van der Waals surface area contributed by atoms with Crippen molar-refractivity contribution in [3.05, 3.63) is 70.2 Å². The fourth-order valence-electron chi connectivity index (χ4n) is 1.75. The van der Waals surface area contributed by atoms with Crippen molar-refractivity contribution in [1.29, 1.82) is 0 Å². The van der Waals surface area contributed by atoms with Crippen LogP contribution in [0.25, 0.3) is 0 Å². The number of rotatable bonds is 3. The Labute approximate surface area is 109 Å². The fourth-order valence-corrected chi connectivity index (χ4v) is 2.37. The highest BCUT2D eigenvalue weighted by Crippen LogP contribution is 2.26. The normalized spacial score (nSPS) is 12.4. The first-order chi connectivity index (χ1) is 7.81. The van der Waals surface area contributed by atoms with Crippen LogP contribution in [0.4, 0.5) is 0 Å². The Morgan fingerprint density at radius 2 is 1.44 bits per heavy atom. The van der Waals surface area contributed by atoms with Gasteiger partial charge in [-0.3, -0.25) is 0 Å². The molecular weight excluding hydrogens is 284 g/mol. The standard InChI is InChI=1S/C14H12BrCl/c15-13-8-6-12(7-9-13)14(10-16)11-4-2-1-3-5-11/h1-9,14H,10H2. The Bertz CT molecular complexity index is 436. The van der Waals surface area contributed by atoms with Crippen LogP contribution in [0, 0.1) is 0 Å². The molecule has 0 saturated heterocycles. The minimum Gasteiger partial charge on any atom is -0.126 e. The number of hydrogen-bond acceptors (Lipinski definition) is 0. The summed E-state index contributed by atoms with van der Waals surface area (Å²) in [6, 6.07) is 18.7. The van der Waals surface area contributed by atoms with Crippen LogP contribution in [0.2, 0.25) is 0 Å². The molecule has 16 heavy (non-hydrogen) atoms. The Morgan fingerprint density at radius 3 is 2.00 bits per heavy atom. The molecule has 0 heterocycles. The summed E-state index contributed by atoms with van der Waals surface area (Å²) in [7, 11) is 0. The lowest BCUT2D eigenvalue weighted by Crippen LogP contribution is -2.02. The Kier molecular flexibility index (Phi) is 4.03. The van der Waals surface area contributed by atoms with E-state index in [9.17, 15) is 0 Å². The quantitative estimate of drug-likeness (QED) is 0.712. The van der Waals surface area contributed by atoms with Gasteiger partial charge in [-0.15, -0.1) is 11.6 Å². The smallest absolute Gasteiger partial charge is 0.0333 e. The van der Waals surface area contributed by atoms with E-state index < -0.39 is 0 Å². The zero-order chi connectivity index (χ0) is 11.4. The molecule has 0 saturated carbocycles. The van der Waals surface area contributed by atoms with Crippen LogP contribution >= 0.6 is 27.5 Å². The minimum absolute atomic E-state index is 0.274. The summed E-state index contributed by atoms with van der Waals surface area (Å²) in [6.07, 6.45) is 0. The molecule has 2 rings (SSSR count). The van der Waals surface area contributed by atoms with Gasteiger partial charge in [-0.05, 0) is 23.3 Å². The van der Waals surface area contributed by atoms with E-state index in [1.807, 2.05) is 18.2 Å². The molecule has 0 aliphatic heterocycles. The van der Waals surface area contributed by atoms with E-state index in [-0.39, 0.29) is 5.92 Å². The molecule has 0 aliphatic rings. The van der Waals surface area contributed by atoms with Crippen LogP contribution in [-0.2, 0) is 0 Å².